The fourth-order valence-corrected chi connectivity index (χ4v) is 7.62. The Balaban J connectivity index is 0.000000235. The van der Waals surface area contributed by atoms with Crippen LogP contribution >= 0.6 is 0 Å². The topological polar surface area (TPSA) is 500 Å². The van der Waals surface area contributed by atoms with Gasteiger partial charge in [-0.05, 0) is 140 Å². The molecule has 482 valence electrons. The van der Waals surface area contributed by atoms with Crippen molar-refractivity contribution < 1.29 is 67.5 Å². The van der Waals surface area contributed by atoms with E-state index in [1.807, 2.05) is 0 Å². The van der Waals surface area contributed by atoms with Crippen molar-refractivity contribution in [1.29, 1.82) is 0 Å². The van der Waals surface area contributed by atoms with Gasteiger partial charge in [0, 0.05) is 118 Å². The van der Waals surface area contributed by atoms with Crippen molar-refractivity contribution >= 4 is 105 Å². The van der Waals surface area contributed by atoms with Crippen LogP contribution in [0.5, 0.6) is 0 Å². The molecule has 2 heterocycles. The van der Waals surface area contributed by atoms with Crippen LogP contribution in [0.3, 0.4) is 0 Å². The van der Waals surface area contributed by atoms with Crippen molar-refractivity contribution in [2.24, 2.45) is 11.5 Å². The Bertz CT molecular complexity index is 3740. The molecule has 0 aliphatic carbocycles. The minimum Gasteiger partial charge on any atom is -0.399 e. The number of benzene rings is 7. The average molecular weight is 1280 g/mol. The molecular weight excluding hydrogens is 1230 g/mol. The molecular formula is C62H57N15O17. The maximum atomic E-state index is 12.3. The first kappa shape index (κ1) is 71.3. The lowest BCUT2D eigenvalue weighted by atomic mass is 10.1. The van der Waals surface area contributed by atoms with Crippen molar-refractivity contribution in [2.45, 2.75) is 6.92 Å². The summed E-state index contributed by atoms with van der Waals surface area (Å²) in [7, 11) is 0. The smallest absolute Gasteiger partial charge is 0.269 e. The summed E-state index contributed by atoms with van der Waals surface area (Å²) >= 11 is 0. The summed E-state index contributed by atoms with van der Waals surface area (Å²) in [6.45, 7) is 1.38. The van der Waals surface area contributed by atoms with Crippen LogP contribution in [-0.2, 0) is 19.2 Å². The summed E-state index contributed by atoms with van der Waals surface area (Å²) in [4.78, 5) is 161. The first-order valence-corrected chi connectivity index (χ1v) is 27.2. The number of anilines is 4. The monoisotopic (exact) mass is 1280 g/mol. The predicted octanol–water partition coefficient (Wildman–Crippen LogP) is 3.91. The summed E-state index contributed by atoms with van der Waals surface area (Å²) in [5, 5.41) is 46.4. The van der Waals surface area contributed by atoms with Gasteiger partial charge in [0.2, 0.25) is 0 Å². The molecule has 0 radical (unpaired) electrons. The van der Waals surface area contributed by atoms with E-state index in [2.05, 4.69) is 43.4 Å². The predicted molar refractivity (Wildman–Crippen MR) is 340 cm³/mol. The van der Waals surface area contributed by atoms with Crippen LogP contribution in [0.2, 0.25) is 0 Å². The number of nitrogens with one attached hydrogen (secondary N) is 6. The molecule has 94 heavy (non-hydrogen) atoms. The van der Waals surface area contributed by atoms with E-state index < -0.39 is 62.0 Å². The molecule has 7 aromatic rings. The lowest BCUT2D eigenvalue weighted by Crippen LogP contribution is -2.37. The highest BCUT2D eigenvalue weighted by Gasteiger charge is 2.27. The van der Waals surface area contributed by atoms with Gasteiger partial charge in [-0.1, -0.05) is 0 Å². The standard InChI is InChI=1S/C23H16N4O6.C15H12N4O6.C15H16N4O2.C8H7NO3.CH6N2/c28-18-9-10-19(29)26(18)16-5-1-14(2-6-16)22(32)24-13-25-23(33)15-3-7-17(8-4-15)27-20(30)11-12-21(27)31;20-14(10-1-5-12(6-2-10)18(22)23)16-9-17-15(21)11-3-7-13(8-4-11)19(24)25;16-12-5-1-10(2-6-12)14(20)18-9-19-15(21)11-3-7-13(17)8-4-11;1-6(10)7-2-4-8(5-3-7)9(11)12;2-1-3/h1-12H,13H2,(H,24,32)(H,25,33);1-8H,9H2,(H,16,20)(H,17,21);1-8H,9,16-17H2,(H,18,20)(H,19,21);2-5H,1H3;1-3H2. The number of ketones is 1. The Hall–Kier alpha value is -13.5. The lowest BCUT2D eigenvalue weighted by molar-refractivity contribution is -0.385. The van der Waals surface area contributed by atoms with Gasteiger partial charge in [-0.3, -0.25) is 83.1 Å². The van der Waals surface area contributed by atoms with Crippen LogP contribution in [0, 0.1) is 30.3 Å². The fourth-order valence-electron chi connectivity index (χ4n) is 7.62. The number of amides is 10. The number of nitro groups is 3. The van der Waals surface area contributed by atoms with E-state index >= 15 is 0 Å². The van der Waals surface area contributed by atoms with E-state index in [4.69, 9.17) is 11.5 Å². The zero-order valence-electron chi connectivity index (χ0n) is 49.3. The summed E-state index contributed by atoms with van der Waals surface area (Å²) < 4.78 is 0. The third-order valence-electron chi connectivity index (χ3n) is 12.4. The Labute approximate surface area is 532 Å². The van der Waals surface area contributed by atoms with Gasteiger partial charge in [-0.25, -0.2) is 9.80 Å². The van der Waals surface area contributed by atoms with Gasteiger partial charge >= 0.3 is 0 Å². The van der Waals surface area contributed by atoms with Gasteiger partial charge < -0.3 is 54.8 Å². The Kier molecular flexibility index (Phi) is 26.5. The highest BCUT2D eigenvalue weighted by molar-refractivity contribution is 6.29. The molecule has 0 atom stereocenters. The third kappa shape index (κ3) is 21.4. The quantitative estimate of drug-likeness (QED) is 0.0145. The van der Waals surface area contributed by atoms with Crippen molar-refractivity contribution in [3.8, 4) is 0 Å². The van der Waals surface area contributed by atoms with Crippen LogP contribution < -0.4 is 64.6 Å². The molecule has 32 heteroatoms. The van der Waals surface area contributed by atoms with Crippen LogP contribution in [0.1, 0.15) is 79.4 Å². The van der Waals surface area contributed by atoms with Crippen LogP contribution in [-0.4, -0.2) is 106 Å². The first-order chi connectivity index (χ1) is 44.8. The number of nitrogen functional groups attached to an aromatic ring is 2. The number of nitrogens with zero attached hydrogens (tertiary/aromatic N) is 5. The number of hydrogen-bond donors (Lipinski definition) is 10. The van der Waals surface area contributed by atoms with Crippen LogP contribution in [0.15, 0.2) is 194 Å². The summed E-state index contributed by atoms with van der Waals surface area (Å²) in [6.07, 6.45) is 4.67. The maximum Gasteiger partial charge on any atom is 0.269 e. The fraction of sp³-hybridized carbons (Fsp3) is 0.0806. The van der Waals surface area contributed by atoms with Gasteiger partial charge in [0.25, 0.3) is 76.1 Å². The van der Waals surface area contributed by atoms with Crippen molar-refractivity contribution in [1.82, 2.24) is 31.9 Å². The van der Waals surface area contributed by atoms with Gasteiger partial charge in [0.05, 0.1) is 46.2 Å². The summed E-state index contributed by atoms with van der Waals surface area (Å²) in [5.41, 5.74) is 24.3. The number of rotatable bonds is 18. The SMILES string of the molecule is CC(=O)c1ccc([N+](=O)[O-])cc1.NCN.Nc1ccc(C(=O)NCNC(=O)c2ccc(N)cc2)cc1.O=C(NCNC(=O)c1ccc(N2C(=O)C=CC2=O)cc1)c1ccc(N2C(=O)C=CC2=O)cc1.O=C(NCNC(=O)c1ccc([N+](=O)[O-])cc1)c1ccc([N+](=O)[O-])cc1. The highest BCUT2D eigenvalue weighted by Crippen LogP contribution is 2.22. The number of carbonyl (C=O) groups is 11. The molecule has 2 aliphatic rings. The van der Waals surface area contributed by atoms with E-state index in [9.17, 15) is 83.1 Å². The molecule has 10 amide bonds. The van der Waals surface area contributed by atoms with Crippen molar-refractivity contribution in [2.75, 3.05) is 47.9 Å². The molecule has 32 nitrogen and oxygen atoms in total. The number of carbonyl (C=O) groups excluding carboxylic acids is 11. The normalized spacial score (nSPS) is 11.5. The molecule has 14 N–H and O–H groups in total. The van der Waals surface area contributed by atoms with Crippen LogP contribution in [0.4, 0.5) is 39.8 Å². The second-order valence-corrected chi connectivity index (χ2v) is 18.8. The van der Waals surface area contributed by atoms with Crippen molar-refractivity contribution in [3.05, 3.63) is 263 Å². The number of imide groups is 2. The number of Topliss-reactive ketones (excluding diaryl/α,β-unsaturated/α-hetero) is 1. The number of hydrogen-bond acceptors (Lipinski definition) is 21. The van der Waals surface area contributed by atoms with Gasteiger partial charge in [0.15, 0.2) is 5.78 Å². The lowest BCUT2D eigenvalue weighted by Gasteiger charge is -2.14. The van der Waals surface area contributed by atoms with E-state index in [0.717, 1.165) is 9.80 Å². The van der Waals surface area contributed by atoms with Gasteiger partial charge in [-0.15, -0.1) is 0 Å². The minimum atomic E-state index is -0.577. The van der Waals surface area contributed by atoms with Gasteiger partial charge in [0.1, 0.15) is 0 Å². The van der Waals surface area contributed by atoms with E-state index in [0.29, 0.717) is 39.4 Å². The van der Waals surface area contributed by atoms with E-state index in [1.165, 1.54) is 153 Å². The molecule has 0 aromatic heterocycles. The number of nitrogens with two attached hydrogens (primary N) is 4. The molecule has 0 saturated heterocycles. The Morgan fingerprint density at radius 2 is 0.521 bits per heavy atom. The number of nitro benzene ring substituents is 3. The third-order valence-corrected chi connectivity index (χ3v) is 12.4. The molecule has 2 aliphatic heterocycles. The Morgan fingerprint density at radius 3 is 0.713 bits per heavy atom. The highest BCUT2D eigenvalue weighted by atomic mass is 16.6. The second kappa shape index (κ2) is 34.9. The summed E-state index contributed by atoms with van der Waals surface area (Å²) in [5.74, 6) is -4.44. The van der Waals surface area contributed by atoms with Crippen LogP contribution in [0.25, 0.3) is 0 Å². The molecule has 0 spiro atoms. The van der Waals surface area contributed by atoms with E-state index in [-0.39, 0.29) is 83.6 Å². The summed E-state index contributed by atoms with van der Waals surface area (Å²) in [6, 6.07) is 40.3. The first-order valence-electron chi connectivity index (χ1n) is 27.2. The largest absolute Gasteiger partial charge is 0.399 e. The maximum absolute atomic E-state index is 12.3. The second-order valence-electron chi connectivity index (χ2n) is 18.8. The molecule has 7 aromatic carbocycles. The average Bonchev–Trinajstić information content (AvgIpc) is 2.20. The molecule has 0 unspecified atom stereocenters. The van der Waals surface area contributed by atoms with E-state index in [1.54, 1.807) is 48.5 Å². The Morgan fingerprint density at radius 1 is 0.340 bits per heavy atom. The molecule has 0 bridgehead atoms. The molecule has 0 saturated carbocycles. The van der Waals surface area contributed by atoms with Crippen molar-refractivity contribution in [3.63, 3.8) is 0 Å². The van der Waals surface area contributed by atoms with Gasteiger partial charge in [-0.2, -0.15) is 0 Å². The molecule has 0 fully saturated rings. The molecule has 9 rings (SSSR count). The zero-order valence-corrected chi connectivity index (χ0v) is 49.3. The zero-order chi connectivity index (χ0) is 69.0. The number of non-ortho nitro benzene ring substituents is 3. The minimum absolute atomic E-state index is 0.000000000000000222.